The van der Waals surface area contributed by atoms with Gasteiger partial charge in [-0.05, 0) is 25.3 Å². The number of piperidine rings is 1. The van der Waals surface area contributed by atoms with Crippen molar-refractivity contribution in [3.63, 3.8) is 0 Å². The van der Waals surface area contributed by atoms with Gasteiger partial charge in [0, 0.05) is 25.2 Å². The third-order valence-electron chi connectivity index (χ3n) is 3.35. The Bertz CT molecular complexity index is 453. The van der Waals surface area contributed by atoms with Gasteiger partial charge < -0.3 is 10.6 Å². The Labute approximate surface area is 111 Å². The zero-order valence-electron chi connectivity index (χ0n) is 10.0. The fourth-order valence-electron chi connectivity index (χ4n) is 2.48. The third kappa shape index (κ3) is 2.42. The molecule has 1 aliphatic rings. The van der Waals surface area contributed by atoms with Gasteiger partial charge in [0.25, 0.3) is 5.69 Å². The lowest BCUT2D eigenvalue weighted by molar-refractivity contribution is -0.384. The molecule has 98 valence electrons. The molecule has 0 saturated carbocycles. The van der Waals surface area contributed by atoms with E-state index >= 15 is 0 Å². The van der Waals surface area contributed by atoms with Crippen LogP contribution in [0.3, 0.4) is 0 Å². The minimum absolute atomic E-state index is 0.0582. The fourth-order valence-corrected chi connectivity index (χ4v) is 2.75. The van der Waals surface area contributed by atoms with E-state index in [4.69, 9.17) is 17.3 Å². The van der Waals surface area contributed by atoms with Crippen molar-refractivity contribution in [1.29, 1.82) is 0 Å². The van der Waals surface area contributed by atoms with E-state index in [1.54, 1.807) is 12.1 Å². The maximum Gasteiger partial charge on any atom is 0.294 e. The number of nitrogens with zero attached hydrogens (tertiary/aromatic N) is 2. The third-order valence-corrected chi connectivity index (χ3v) is 3.65. The van der Waals surface area contributed by atoms with Crippen LogP contribution in [0.25, 0.3) is 0 Å². The Hall–Kier alpha value is -1.33. The van der Waals surface area contributed by atoms with Gasteiger partial charge >= 0.3 is 0 Å². The van der Waals surface area contributed by atoms with Gasteiger partial charge in [0.15, 0.2) is 0 Å². The van der Waals surface area contributed by atoms with Gasteiger partial charge in [-0.15, -0.1) is 0 Å². The van der Waals surface area contributed by atoms with Crippen molar-refractivity contribution in [2.45, 2.75) is 25.3 Å². The molecule has 2 rings (SSSR count). The molecular weight excluding hydrogens is 254 g/mol. The number of para-hydroxylation sites is 1. The van der Waals surface area contributed by atoms with Crippen LogP contribution in [0.15, 0.2) is 18.2 Å². The molecule has 5 nitrogen and oxygen atoms in total. The summed E-state index contributed by atoms with van der Waals surface area (Å²) in [6.45, 7) is 1.26. The minimum atomic E-state index is -0.386. The monoisotopic (exact) mass is 269 g/mol. The summed E-state index contributed by atoms with van der Waals surface area (Å²) in [4.78, 5) is 12.7. The van der Waals surface area contributed by atoms with Crippen LogP contribution in [0, 0.1) is 10.1 Å². The van der Waals surface area contributed by atoms with Crippen LogP contribution in [0.1, 0.15) is 19.3 Å². The highest BCUT2D eigenvalue weighted by molar-refractivity contribution is 6.33. The molecule has 6 heteroatoms. The molecule has 18 heavy (non-hydrogen) atoms. The molecule has 0 amide bonds. The number of rotatable bonds is 3. The molecule has 0 radical (unpaired) electrons. The van der Waals surface area contributed by atoms with Gasteiger partial charge in [-0.1, -0.05) is 17.7 Å². The lowest BCUT2D eigenvalue weighted by Crippen LogP contribution is -2.44. The van der Waals surface area contributed by atoms with Crippen molar-refractivity contribution in [2.75, 3.05) is 18.0 Å². The molecule has 0 aromatic heterocycles. The fraction of sp³-hybridized carbons (Fsp3) is 0.500. The number of nitro groups is 1. The second-order valence-electron chi connectivity index (χ2n) is 4.44. The van der Waals surface area contributed by atoms with E-state index < -0.39 is 0 Å². The van der Waals surface area contributed by atoms with Crippen molar-refractivity contribution in [3.8, 4) is 0 Å². The first-order valence-electron chi connectivity index (χ1n) is 6.04. The van der Waals surface area contributed by atoms with Crippen molar-refractivity contribution in [2.24, 2.45) is 5.73 Å². The van der Waals surface area contributed by atoms with E-state index in [9.17, 15) is 10.1 Å². The zero-order chi connectivity index (χ0) is 13.1. The van der Waals surface area contributed by atoms with Crippen LogP contribution in [-0.2, 0) is 0 Å². The molecule has 2 N–H and O–H groups in total. The van der Waals surface area contributed by atoms with Gasteiger partial charge in [-0.2, -0.15) is 0 Å². The Morgan fingerprint density at radius 1 is 1.50 bits per heavy atom. The lowest BCUT2D eigenvalue weighted by Gasteiger charge is -2.36. The standard InChI is InChI=1S/C12H16ClN3O2/c13-10-5-3-6-11(16(17)18)12(10)15-7-2-1-4-9(15)8-14/h3,5-6,9H,1-2,4,7-8,14H2. The van der Waals surface area contributed by atoms with Gasteiger partial charge in [0.1, 0.15) is 5.69 Å². The van der Waals surface area contributed by atoms with E-state index in [0.717, 1.165) is 25.8 Å². The molecule has 0 aliphatic carbocycles. The zero-order valence-corrected chi connectivity index (χ0v) is 10.8. The maximum atomic E-state index is 11.1. The number of hydrogen-bond acceptors (Lipinski definition) is 4. The van der Waals surface area contributed by atoms with E-state index in [0.29, 0.717) is 17.3 Å². The predicted octanol–water partition coefficient (Wildman–Crippen LogP) is 2.57. The molecule has 1 saturated heterocycles. The van der Waals surface area contributed by atoms with Gasteiger partial charge in [0.2, 0.25) is 0 Å². The summed E-state index contributed by atoms with van der Waals surface area (Å²) in [6.07, 6.45) is 3.08. The summed E-state index contributed by atoms with van der Waals surface area (Å²) in [6, 6.07) is 4.92. The molecule has 1 unspecified atom stereocenters. The topological polar surface area (TPSA) is 72.4 Å². The van der Waals surface area contributed by atoms with Gasteiger partial charge in [0.05, 0.1) is 9.95 Å². The van der Waals surface area contributed by atoms with Crippen LogP contribution >= 0.6 is 11.6 Å². The summed E-state index contributed by atoms with van der Waals surface area (Å²) in [5.41, 5.74) is 6.32. The van der Waals surface area contributed by atoms with Crippen LogP contribution in [-0.4, -0.2) is 24.1 Å². The highest BCUT2D eigenvalue weighted by Crippen LogP contribution is 2.38. The largest absolute Gasteiger partial charge is 0.361 e. The van der Waals surface area contributed by atoms with E-state index in [-0.39, 0.29) is 16.7 Å². The quantitative estimate of drug-likeness (QED) is 0.676. The van der Waals surface area contributed by atoms with Crippen LogP contribution in [0.2, 0.25) is 5.02 Å². The van der Waals surface area contributed by atoms with Crippen molar-refractivity contribution in [1.82, 2.24) is 0 Å². The number of hydrogen-bond donors (Lipinski definition) is 1. The summed E-state index contributed by atoms with van der Waals surface area (Å²) in [7, 11) is 0. The van der Waals surface area contributed by atoms with E-state index in [1.807, 2.05) is 4.90 Å². The van der Waals surface area contributed by atoms with Crippen LogP contribution in [0.5, 0.6) is 0 Å². The first-order valence-corrected chi connectivity index (χ1v) is 6.42. The second-order valence-corrected chi connectivity index (χ2v) is 4.85. The SMILES string of the molecule is NCC1CCCCN1c1c(Cl)cccc1[N+](=O)[O-]. The molecule has 1 aliphatic heterocycles. The number of halogens is 1. The summed E-state index contributed by atoms with van der Waals surface area (Å²) in [5, 5.41) is 11.5. The van der Waals surface area contributed by atoms with E-state index in [1.165, 1.54) is 6.07 Å². The lowest BCUT2D eigenvalue weighted by atomic mass is 10.0. The molecule has 1 fully saturated rings. The Morgan fingerprint density at radius 2 is 2.28 bits per heavy atom. The molecule has 0 bridgehead atoms. The molecule has 1 aromatic rings. The normalized spacial score (nSPS) is 19.9. The molecule has 1 atom stereocenters. The molecule has 1 aromatic carbocycles. The van der Waals surface area contributed by atoms with Crippen molar-refractivity contribution in [3.05, 3.63) is 33.3 Å². The van der Waals surface area contributed by atoms with Crippen molar-refractivity contribution < 1.29 is 4.92 Å². The first-order chi connectivity index (χ1) is 8.65. The average Bonchev–Trinajstić information content (AvgIpc) is 2.38. The van der Waals surface area contributed by atoms with Crippen LogP contribution < -0.4 is 10.6 Å². The minimum Gasteiger partial charge on any atom is -0.361 e. The smallest absolute Gasteiger partial charge is 0.294 e. The highest BCUT2D eigenvalue weighted by Gasteiger charge is 2.29. The summed E-state index contributed by atoms with van der Waals surface area (Å²) < 4.78 is 0. The second kappa shape index (κ2) is 5.54. The number of nitro benzene ring substituents is 1. The Kier molecular flexibility index (Phi) is 4.04. The van der Waals surface area contributed by atoms with Gasteiger partial charge in [-0.3, -0.25) is 10.1 Å². The van der Waals surface area contributed by atoms with Crippen molar-refractivity contribution >= 4 is 23.0 Å². The molecule has 1 heterocycles. The Morgan fingerprint density at radius 3 is 2.94 bits per heavy atom. The highest BCUT2D eigenvalue weighted by atomic mass is 35.5. The number of anilines is 1. The molecular formula is C12H16ClN3O2. The number of nitrogens with two attached hydrogens (primary N) is 1. The summed E-state index contributed by atoms with van der Waals surface area (Å²) in [5.74, 6) is 0. The molecule has 0 spiro atoms. The summed E-state index contributed by atoms with van der Waals surface area (Å²) >= 11 is 6.14. The number of benzene rings is 1. The Balaban J connectivity index is 2.44. The predicted molar refractivity (Wildman–Crippen MR) is 72.1 cm³/mol. The van der Waals surface area contributed by atoms with E-state index in [2.05, 4.69) is 0 Å². The maximum absolute atomic E-state index is 11.1. The van der Waals surface area contributed by atoms with Crippen LogP contribution in [0.4, 0.5) is 11.4 Å². The first kappa shape index (κ1) is 13.1. The van der Waals surface area contributed by atoms with Gasteiger partial charge in [-0.25, -0.2) is 0 Å². The average molecular weight is 270 g/mol.